The minimum atomic E-state index is -0.391. The van der Waals surface area contributed by atoms with Crippen molar-refractivity contribution < 1.29 is 19.1 Å². The molecule has 0 aliphatic rings. The Hall–Kier alpha value is -3.45. The van der Waals surface area contributed by atoms with Crippen LogP contribution in [-0.4, -0.2) is 43.2 Å². The molecule has 0 atom stereocenters. The van der Waals surface area contributed by atoms with Gasteiger partial charge in [0.25, 0.3) is 11.8 Å². The van der Waals surface area contributed by atoms with Gasteiger partial charge in [0.05, 0.1) is 5.56 Å². The molecule has 0 bridgehead atoms. The Balaban J connectivity index is 1.72. The molecule has 0 spiro atoms. The molecule has 0 saturated heterocycles. The standard InChI is InChI=1S/C24H21BrN2O4/c1-27(2)22(28)15-31-19-13-11-18(12-14-19)26-24(30)21-6-4-3-5-20(21)23(29)16-7-9-17(25)10-8-16/h3-14H,15H2,1-2H3,(H,26,30). The summed E-state index contributed by atoms with van der Waals surface area (Å²) < 4.78 is 6.30. The first-order valence-corrected chi connectivity index (χ1v) is 10.3. The van der Waals surface area contributed by atoms with Crippen molar-refractivity contribution in [1.82, 2.24) is 4.90 Å². The first kappa shape index (κ1) is 22.2. The number of nitrogens with one attached hydrogen (secondary N) is 1. The van der Waals surface area contributed by atoms with Crippen LogP contribution in [0.25, 0.3) is 0 Å². The molecule has 0 fully saturated rings. The fourth-order valence-electron chi connectivity index (χ4n) is 2.74. The van der Waals surface area contributed by atoms with Crippen molar-refractivity contribution in [3.63, 3.8) is 0 Å². The van der Waals surface area contributed by atoms with Crippen LogP contribution in [0.4, 0.5) is 5.69 Å². The number of rotatable bonds is 7. The second-order valence-corrected chi connectivity index (χ2v) is 7.85. The van der Waals surface area contributed by atoms with E-state index >= 15 is 0 Å². The highest BCUT2D eigenvalue weighted by molar-refractivity contribution is 9.10. The van der Waals surface area contributed by atoms with E-state index in [1.54, 1.807) is 86.9 Å². The Morgan fingerprint density at radius 3 is 2.10 bits per heavy atom. The average molecular weight is 481 g/mol. The van der Waals surface area contributed by atoms with Gasteiger partial charge in [0.1, 0.15) is 5.75 Å². The number of ketones is 1. The first-order valence-electron chi connectivity index (χ1n) is 9.49. The van der Waals surface area contributed by atoms with E-state index in [-0.39, 0.29) is 23.9 Å². The van der Waals surface area contributed by atoms with Gasteiger partial charge in [-0.2, -0.15) is 0 Å². The molecule has 3 aromatic rings. The Morgan fingerprint density at radius 2 is 1.48 bits per heavy atom. The summed E-state index contributed by atoms with van der Waals surface area (Å²) in [4.78, 5) is 38.8. The maximum absolute atomic E-state index is 12.9. The number of amides is 2. The molecule has 0 aliphatic heterocycles. The second-order valence-electron chi connectivity index (χ2n) is 6.94. The number of carbonyl (C=O) groups excluding carboxylic acids is 3. The van der Waals surface area contributed by atoms with Crippen LogP contribution in [0.2, 0.25) is 0 Å². The first-order chi connectivity index (χ1) is 14.8. The van der Waals surface area contributed by atoms with E-state index < -0.39 is 5.91 Å². The van der Waals surface area contributed by atoms with Crippen molar-refractivity contribution in [2.24, 2.45) is 0 Å². The lowest BCUT2D eigenvalue weighted by atomic mass is 9.98. The van der Waals surface area contributed by atoms with Gasteiger partial charge in [0, 0.05) is 35.4 Å². The van der Waals surface area contributed by atoms with Gasteiger partial charge in [-0.05, 0) is 54.6 Å². The quantitative estimate of drug-likeness (QED) is 0.508. The molecule has 158 valence electrons. The van der Waals surface area contributed by atoms with Crippen molar-refractivity contribution in [1.29, 1.82) is 0 Å². The normalized spacial score (nSPS) is 10.3. The summed E-state index contributed by atoms with van der Waals surface area (Å²) in [6.45, 7) is -0.0652. The highest BCUT2D eigenvalue weighted by atomic mass is 79.9. The maximum Gasteiger partial charge on any atom is 0.259 e. The van der Waals surface area contributed by atoms with Crippen LogP contribution in [-0.2, 0) is 4.79 Å². The summed E-state index contributed by atoms with van der Waals surface area (Å²) in [5.41, 5.74) is 1.65. The van der Waals surface area contributed by atoms with Crippen LogP contribution in [0.5, 0.6) is 5.75 Å². The summed E-state index contributed by atoms with van der Waals surface area (Å²) >= 11 is 3.35. The molecule has 0 aliphatic carbocycles. The summed E-state index contributed by atoms with van der Waals surface area (Å²) in [6.07, 6.45) is 0. The number of ether oxygens (including phenoxy) is 1. The third-order valence-corrected chi connectivity index (χ3v) is 5.02. The summed E-state index contributed by atoms with van der Waals surface area (Å²) in [7, 11) is 3.31. The van der Waals surface area contributed by atoms with Gasteiger partial charge in [-0.1, -0.05) is 34.1 Å². The zero-order valence-electron chi connectivity index (χ0n) is 17.1. The Labute approximate surface area is 189 Å². The average Bonchev–Trinajstić information content (AvgIpc) is 2.78. The molecular formula is C24H21BrN2O4. The number of carbonyl (C=O) groups is 3. The number of benzene rings is 3. The number of hydrogen-bond acceptors (Lipinski definition) is 4. The van der Waals surface area contributed by atoms with Crippen molar-refractivity contribution in [2.45, 2.75) is 0 Å². The maximum atomic E-state index is 12.9. The van der Waals surface area contributed by atoms with Crippen LogP contribution in [0.15, 0.2) is 77.3 Å². The summed E-state index contributed by atoms with van der Waals surface area (Å²) in [5.74, 6) is -0.256. The fraction of sp³-hybridized carbons (Fsp3) is 0.125. The molecule has 0 aromatic heterocycles. The van der Waals surface area contributed by atoms with E-state index in [0.717, 1.165) is 4.47 Å². The predicted octanol–water partition coefficient (Wildman–Crippen LogP) is 4.40. The van der Waals surface area contributed by atoms with Gasteiger partial charge in [-0.3, -0.25) is 14.4 Å². The zero-order chi connectivity index (χ0) is 22.4. The van der Waals surface area contributed by atoms with Crippen molar-refractivity contribution >= 4 is 39.2 Å². The predicted molar refractivity (Wildman–Crippen MR) is 123 cm³/mol. The summed E-state index contributed by atoms with van der Waals surface area (Å²) in [5, 5.41) is 2.79. The molecule has 0 heterocycles. The van der Waals surface area contributed by atoms with Crippen LogP contribution in [0, 0.1) is 0 Å². The second kappa shape index (κ2) is 10.0. The Bertz CT molecular complexity index is 1090. The largest absolute Gasteiger partial charge is 0.484 e. The SMILES string of the molecule is CN(C)C(=O)COc1ccc(NC(=O)c2ccccc2C(=O)c2ccc(Br)cc2)cc1. The number of halogens is 1. The third kappa shape index (κ3) is 5.79. The lowest BCUT2D eigenvalue weighted by Gasteiger charge is -2.12. The van der Waals surface area contributed by atoms with E-state index in [0.29, 0.717) is 22.6 Å². The minimum Gasteiger partial charge on any atom is -0.484 e. The van der Waals surface area contributed by atoms with E-state index in [4.69, 9.17) is 4.74 Å². The highest BCUT2D eigenvalue weighted by Gasteiger charge is 2.18. The van der Waals surface area contributed by atoms with Gasteiger partial charge >= 0.3 is 0 Å². The monoisotopic (exact) mass is 480 g/mol. The minimum absolute atomic E-state index is 0.0652. The molecule has 2 amide bonds. The van der Waals surface area contributed by atoms with Gasteiger partial charge in [0.2, 0.25) is 0 Å². The topological polar surface area (TPSA) is 75.7 Å². The molecule has 1 N–H and O–H groups in total. The number of likely N-dealkylation sites (N-methyl/N-ethyl adjacent to an activating group) is 1. The van der Waals surface area contributed by atoms with Gasteiger partial charge in [0.15, 0.2) is 12.4 Å². The van der Waals surface area contributed by atoms with Gasteiger partial charge < -0.3 is 15.0 Å². The molecule has 31 heavy (non-hydrogen) atoms. The van der Waals surface area contributed by atoms with Crippen LogP contribution in [0.3, 0.4) is 0 Å². The molecule has 3 aromatic carbocycles. The fourth-order valence-corrected chi connectivity index (χ4v) is 3.01. The van der Waals surface area contributed by atoms with Crippen molar-refractivity contribution in [3.8, 4) is 5.75 Å². The number of nitrogens with zero attached hydrogens (tertiary/aromatic N) is 1. The van der Waals surface area contributed by atoms with Crippen LogP contribution < -0.4 is 10.1 Å². The third-order valence-electron chi connectivity index (χ3n) is 4.50. The molecular weight excluding hydrogens is 460 g/mol. The van der Waals surface area contributed by atoms with Gasteiger partial charge in [-0.25, -0.2) is 0 Å². The molecule has 0 unspecified atom stereocenters. The number of hydrogen-bond donors (Lipinski definition) is 1. The van der Waals surface area contributed by atoms with Gasteiger partial charge in [-0.15, -0.1) is 0 Å². The smallest absolute Gasteiger partial charge is 0.259 e. The van der Waals surface area contributed by atoms with Crippen molar-refractivity contribution in [3.05, 3.63) is 94.0 Å². The molecule has 3 rings (SSSR count). The van der Waals surface area contributed by atoms with E-state index in [2.05, 4.69) is 21.2 Å². The molecule has 6 nitrogen and oxygen atoms in total. The Kier molecular flexibility index (Phi) is 7.20. The molecule has 7 heteroatoms. The number of anilines is 1. The summed E-state index contributed by atoms with van der Waals surface area (Å²) in [6, 6.07) is 20.4. The lowest BCUT2D eigenvalue weighted by Crippen LogP contribution is -2.27. The Morgan fingerprint density at radius 1 is 0.871 bits per heavy atom. The van der Waals surface area contributed by atoms with E-state index in [1.807, 2.05) is 0 Å². The zero-order valence-corrected chi connectivity index (χ0v) is 18.7. The van der Waals surface area contributed by atoms with E-state index in [1.165, 1.54) is 4.90 Å². The van der Waals surface area contributed by atoms with E-state index in [9.17, 15) is 14.4 Å². The highest BCUT2D eigenvalue weighted by Crippen LogP contribution is 2.20. The van der Waals surface area contributed by atoms with Crippen LogP contribution in [0.1, 0.15) is 26.3 Å². The molecule has 0 radical (unpaired) electrons. The van der Waals surface area contributed by atoms with Crippen LogP contribution >= 0.6 is 15.9 Å². The van der Waals surface area contributed by atoms with Crippen molar-refractivity contribution in [2.75, 3.05) is 26.0 Å². The lowest BCUT2D eigenvalue weighted by molar-refractivity contribution is -0.130. The molecule has 0 saturated carbocycles.